The molecule has 0 aromatic rings. The lowest BCUT2D eigenvalue weighted by atomic mass is 10.6. The van der Waals surface area contributed by atoms with Crippen LogP contribution in [-0.4, -0.2) is 131 Å². The Kier molecular flexibility index (Phi) is 29.0. The molecule has 0 heterocycles. The second-order valence-electron chi connectivity index (χ2n) is 5.86. The number of carbonyl (C=O) groups is 1. The first-order chi connectivity index (χ1) is 15.4. The van der Waals surface area contributed by atoms with Crippen molar-refractivity contribution in [3.8, 4) is 0 Å². The largest absolute Gasteiger partial charge is 0.465 e. The second-order valence-corrected chi connectivity index (χ2v) is 6.84. The van der Waals surface area contributed by atoms with Crippen molar-refractivity contribution in [1.29, 1.82) is 0 Å². The monoisotopic (exact) mass is 472 g/mol. The van der Waals surface area contributed by atoms with E-state index in [2.05, 4.69) is 11.0 Å². The molecule has 0 rings (SSSR count). The van der Waals surface area contributed by atoms with Gasteiger partial charge >= 0.3 is 0 Å². The maximum atomic E-state index is 9.90. The Balaban J connectivity index is 2.98. The molecule has 0 unspecified atom stereocenters. The molecule has 0 amide bonds. The summed E-state index contributed by atoms with van der Waals surface area (Å²) < 4.78 is 47.4. The lowest BCUT2D eigenvalue weighted by Gasteiger charge is -2.08. The molecular weight excluding hydrogens is 432 g/mol. The molecule has 0 atom stereocenters. The molecule has 186 valence electrons. The summed E-state index contributed by atoms with van der Waals surface area (Å²) in [4.78, 5) is 9.90. The first kappa shape index (κ1) is 30.5. The number of hydrogen-bond acceptors (Lipinski definition) is 11. The van der Waals surface area contributed by atoms with Crippen molar-refractivity contribution in [2.45, 2.75) is 0 Å². The molecule has 31 heavy (non-hydrogen) atoms. The Hall–Kier alpha value is -0.500. The molecule has 10 nitrogen and oxygen atoms in total. The second kappa shape index (κ2) is 29.5. The molecule has 0 aliphatic rings. The van der Waals surface area contributed by atoms with Crippen LogP contribution in [0.2, 0.25) is 0 Å². The van der Waals surface area contributed by atoms with E-state index in [0.717, 1.165) is 12.4 Å². The third-order valence-corrected chi connectivity index (χ3v) is 4.02. The van der Waals surface area contributed by atoms with E-state index in [1.807, 2.05) is 0 Å². The van der Waals surface area contributed by atoms with E-state index in [-0.39, 0.29) is 6.61 Å². The minimum atomic E-state index is 0.260. The molecular formula is C20H40O10S. The van der Waals surface area contributed by atoms with Crippen LogP contribution in [0.1, 0.15) is 0 Å². The molecule has 0 radical (unpaired) electrons. The van der Waals surface area contributed by atoms with Crippen molar-refractivity contribution in [3.05, 3.63) is 0 Å². The molecule has 0 N–H and O–H groups in total. The lowest BCUT2D eigenvalue weighted by molar-refractivity contribution is -0.130. The van der Waals surface area contributed by atoms with E-state index in [0.29, 0.717) is 106 Å². The SMILES string of the molecule is CSCCOCCOCCOCCOCCOCCOCCOCCOCCOC=O. The van der Waals surface area contributed by atoms with Crippen LogP contribution in [0, 0.1) is 0 Å². The summed E-state index contributed by atoms with van der Waals surface area (Å²) in [7, 11) is 0. The fourth-order valence-electron chi connectivity index (χ4n) is 1.94. The Bertz CT molecular complexity index is 339. The molecule has 11 heteroatoms. The first-order valence-corrected chi connectivity index (χ1v) is 12.0. The van der Waals surface area contributed by atoms with Crippen molar-refractivity contribution in [3.63, 3.8) is 0 Å². The fourth-order valence-corrected chi connectivity index (χ4v) is 2.22. The molecule has 0 spiro atoms. The molecule has 0 aliphatic carbocycles. The van der Waals surface area contributed by atoms with Gasteiger partial charge in [0, 0.05) is 5.75 Å². The summed E-state index contributed by atoms with van der Waals surface area (Å²) in [6.45, 7) is 9.18. The molecule has 0 aromatic carbocycles. The van der Waals surface area contributed by atoms with Gasteiger partial charge in [-0.1, -0.05) is 0 Å². The first-order valence-electron chi connectivity index (χ1n) is 10.6. The van der Waals surface area contributed by atoms with Crippen LogP contribution in [0.5, 0.6) is 0 Å². The average Bonchev–Trinajstić information content (AvgIpc) is 2.78. The Morgan fingerprint density at radius 3 is 0.968 bits per heavy atom. The normalized spacial score (nSPS) is 11.1. The standard InChI is InChI=1S/C20H40O10S/c1-31-19-18-29-15-14-27-11-10-25-7-6-23-3-2-22-4-5-24-8-9-26-12-13-28-16-17-30-20-21/h20H,2-19H2,1H3. The van der Waals surface area contributed by atoms with Crippen LogP contribution in [0.15, 0.2) is 0 Å². The molecule has 0 saturated carbocycles. The third-order valence-electron chi connectivity index (χ3n) is 3.45. The van der Waals surface area contributed by atoms with Gasteiger partial charge in [-0.3, -0.25) is 4.79 Å². The quantitative estimate of drug-likeness (QED) is 0.119. The highest BCUT2D eigenvalue weighted by molar-refractivity contribution is 7.98. The summed E-state index contributed by atoms with van der Waals surface area (Å²) in [5.41, 5.74) is 0. The molecule has 0 bridgehead atoms. The maximum absolute atomic E-state index is 9.90. The van der Waals surface area contributed by atoms with Gasteiger partial charge in [-0.15, -0.1) is 0 Å². The highest BCUT2D eigenvalue weighted by Gasteiger charge is 1.95. The van der Waals surface area contributed by atoms with E-state index in [1.54, 1.807) is 11.8 Å². The van der Waals surface area contributed by atoms with Crippen LogP contribution >= 0.6 is 11.8 Å². The molecule has 0 fully saturated rings. The summed E-state index contributed by atoms with van der Waals surface area (Å²) in [6, 6.07) is 0. The van der Waals surface area contributed by atoms with Gasteiger partial charge in [0.1, 0.15) is 6.61 Å². The van der Waals surface area contributed by atoms with E-state index in [9.17, 15) is 4.79 Å². The Morgan fingerprint density at radius 2 is 0.710 bits per heavy atom. The van der Waals surface area contributed by atoms with Crippen LogP contribution in [0.3, 0.4) is 0 Å². The van der Waals surface area contributed by atoms with Gasteiger partial charge in [-0.05, 0) is 6.26 Å². The van der Waals surface area contributed by atoms with Gasteiger partial charge in [0.05, 0.1) is 106 Å². The minimum Gasteiger partial charge on any atom is -0.465 e. The smallest absolute Gasteiger partial charge is 0.293 e. The summed E-state index contributed by atoms with van der Waals surface area (Å²) in [5.74, 6) is 1.01. The predicted molar refractivity (Wildman–Crippen MR) is 117 cm³/mol. The Labute approximate surface area is 190 Å². The van der Waals surface area contributed by atoms with Crippen molar-refractivity contribution in [2.75, 3.05) is 124 Å². The topological polar surface area (TPSA) is 100 Å². The summed E-state index contributed by atoms with van der Waals surface area (Å²) in [6.07, 6.45) is 2.06. The van der Waals surface area contributed by atoms with Crippen molar-refractivity contribution in [2.24, 2.45) is 0 Å². The van der Waals surface area contributed by atoms with E-state index in [1.165, 1.54) is 0 Å². The Morgan fingerprint density at radius 1 is 0.452 bits per heavy atom. The van der Waals surface area contributed by atoms with Crippen molar-refractivity contribution in [1.82, 2.24) is 0 Å². The highest BCUT2D eigenvalue weighted by Crippen LogP contribution is 1.90. The van der Waals surface area contributed by atoms with Gasteiger partial charge in [-0.2, -0.15) is 11.8 Å². The molecule has 0 aromatic heterocycles. The third kappa shape index (κ3) is 29.5. The van der Waals surface area contributed by atoms with Gasteiger partial charge in [-0.25, -0.2) is 0 Å². The zero-order valence-electron chi connectivity index (χ0n) is 18.8. The predicted octanol–water partition coefficient (Wildman–Crippen LogP) is 0.655. The average molecular weight is 473 g/mol. The van der Waals surface area contributed by atoms with Gasteiger partial charge in [0.25, 0.3) is 6.47 Å². The van der Waals surface area contributed by atoms with Gasteiger partial charge in [0.2, 0.25) is 0 Å². The van der Waals surface area contributed by atoms with Crippen LogP contribution < -0.4 is 0 Å². The maximum Gasteiger partial charge on any atom is 0.293 e. The summed E-state index contributed by atoms with van der Waals surface area (Å²) in [5, 5.41) is 0. The highest BCUT2D eigenvalue weighted by atomic mass is 32.2. The minimum absolute atomic E-state index is 0.260. The van der Waals surface area contributed by atoms with E-state index >= 15 is 0 Å². The fraction of sp³-hybridized carbons (Fsp3) is 0.950. The van der Waals surface area contributed by atoms with Crippen molar-refractivity contribution >= 4 is 18.2 Å². The number of rotatable bonds is 28. The zero-order chi connectivity index (χ0) is 22.5. The van der Waals surface area contributed by atoms with Crippen LogP contribution in [-0.2, 0) is 47.4 Å². The number of hydrogen-bond donors (Lipinski definition) is 0. The van der Waals surface area contributed by atoms with Gasteiger partial charge in [0.15, 0.2) is 0 Å². The number of ether oxygens (including phenoxy) is 9. The lowest BCUT2D eigenvalue weighted by Crippen LogP contribution is -2.15. The summed E-state index contributed by atoms with van der Waals surface area (Å²) >= 11 is 1.77. The molecule has 0 aliphatic heterocycles. The van der Waals surface area contributed by atoms with Gasteiger partial charge < -0.3 is 42.6 Å². The van der Waals surface area contributed by atoms with E-state index in [4.69, 9.17) is 37.9 Å². The number of thioether (sulfide) groups is 1. The van der Waals surface area contributed by atoms with Crippen molar-refractivity contribution < 1.29 is 47.4 Å². The van der Waals surface area contributed by atoms with E-state index < -0.39 is 0 Å². The number of carbonyl (C=O) groups excluding carboxylic acids is 1. The van der Waals surface area contributed by atoms with Crippen LogP contribution in [0.4, 0.5) is 0 Å². The molecule has 0 saturated heterocycles. The zero-order valence-corrected chi connectivity index (χ0v) is 19.6. The van der Waals surface area contributed by atoms with Crippen LogP contribution in [0.25, 0.3) is 0 Å².